The van der Waals surface area contributed by atoms with Gasteiger partial charge in [-0.1, -0.05) is 0 Å². The summed E-state index contributed by atoms with van der Waals surface area (Å²) in [4.78, 5) is 4.95. The van der Waals surface area contributed by atoms with E-state index in [1.807, 2.05) is 0 Å². The van der Waals surface area contributed by atoms with Gasteiger partial charge in [0.1, 0.15) is 5.82 Å². The zero-order valence-corrected chi connectivity index (χ0v) is 12.2. The molecule has 0 atom stereocenters. The summed E-state index contributed by atoms with van der Waals surface area (Å²) in [6, 6.07) is 3.83. The molecule has 6 heteroatoms. The molecule has 108 valence electrons. The number of halogens is 1. The number of likely N-dealkylation sites (N-methyl/N-ethyl adjacent to an activating group) is 1. The van der Waals surface area contributed by atoms with E-state index < -0.39 is 15.7 Å². The van der Waals surface area contributed by atoms with Gasteiger partial charge in [0.2, 0.25) is 9.84 Å². The van der Waals surface area contributed by atoms with Gasteiger partial charge in [-0.2, -0.15) is 0 Å². The van der Waals surface area contributed by atoms with Crippen LogP contribution in [0.25, 0.3) is 6.08 Å². The fourth-order valence-electron chi connectivity index (χ4n) is 2.63. The lowest BCUT2D eigenvalue weighted by Gasteiger charge is -2.32. The van der Waals surface area contributed by atoms with Crippen LogP contribution in [0.2, 0.25) is 0 Å². The first-order valence-electron chi connectivity index (χ1n) is 6.63. The van der Waals surface area contributed by atoms with Gasteiger partial charge in [-0.05, 0) is 36.9 Å². The molecule has 0 spiro atoms. The highest BCUT2D eigenvalue weighted by atomic mass is 32.2. The molecule has 2 aliphatic rings. The predicted octanol–water partition coefficient (Wildman–Crippen LogP) is 1.20. The molecule has 0 aliphatic carbocycles. The molecule has 0 amide bonds. The van der Waals surface area contributed by atoms with Gasteiger partial charge in [-0.15, -0.1) is 0 Å². The van der Waals surface area contributed by atoms with Crippen LogP contribution in [0.3, 0.4) is 0 Å². The molecule has 0 bridgehead atoms. The van der Waals surface area contributed by atoms with E-state index in [9.17, 15) is 12.8 Å². The summed E-state index contributed by atoms with van der Waals surface area (Å²) in [7, 11) is -1.38. The minimum absolute atomic E-state index is 0.225. The number of nitrogens with zero attached hydrogens (tertiary/aromatic N) is 2. The number of benzene rings is 1. The van der Waals surface area contributed by atoms with Crippen molar-refractivity contribution in [2.45, 2.75) is 4.90 Å². The number of hydrogen-bond donors (Lipinski definition) is 0. The summed E-state index contributed by atoms with van der Waals surface area (Å²) >= 11 is 0. The zero-order valence-electron chi connectivity index (χ0n) is 11.3. The average molecular weight is 296 g/mol. The highest BCUT2D eigenvalue weighted by Gasteiger charge is 2.31. The number of hydrogen-bond acceptors (Lipinski definition) is 4. The summed E-state index contributed by atoms with van der Waals surface area (Å²) in [5, 5.41) is 0. The fraction of sp³-hybridized carbons (Fsp3) is 0.429. The Labute approximate surface area is 118 Å². The highest BCUT2D eigenvalue weighted by Crippen LogP contribution is 2.33. The minimum atomic E-state index is -3.44. The lowest BCUT2D eigenvalue weighted by Crippen LogP contribution is -2.45. The van der Waals surface area contributed by atoms with Crippen molar-refractivity contribution in [2.75, 3.05) is 39.8 Å². The van der Waals surface area contributed by atoms with Crippen molar-refractivity contribution in [2.24, 2.45) is 0 Å². The molecule has 0 aromatic heterocycles. The lowest BCUT2D eigenvalue weighted by molar-refractivity contribution is 0.166. The maximum absolute atomic E-state index is 13.2. The molecule has 0 N–H and O–H groups in total. The van der Waals surface area contributed by atoms with Gasteiger partial charge in [0, 0.05) is 32.7 Å². The molecule has 4 nitrogen and oxygen atoms in total. The van der Waals surface area contributed by atoms with E-state index in [4.69, 9.17) is 0 Å². The lowest BCUT2D eigenvalue weighted by atomic mass is 10.2. The Morgan fingerprint density at radius 2 is 1.90 bits per heavy atom. The van der Waals surface area contributed by atoms with Crippen molar-refractivity contribution < 1.29 is 12.8 Å². The van der Waals surface area contributed by atoms with Gasteiger partial charge in [0.15, 0.2) is 0 Å². The molecule has 3 rings (SSSR count). The Kier molecular flexibility index (Phi) is 3.40. The summed E-state index contributed by atoms with van der Waals surface area (Å²) < 4.78 is 38.0. The molecule has 20 heavy (non-hydrogen) atoms. The second kappa shape index (κ2) is 4.95. The van der Waals surface area contributed by atoms with Crippen LogP contribution in [0.5, 0.6) is 0 Å². The molecule has 0 saturated carbocycles. The van der Waals surface area contributed by atoms with Gasteiger partial charge in [-0.25, -0.2) is 12.8 Å². The molecule has 1 saturated heterocycles. The topological polar surface area (TPSA) is 40.6 Å². The smallest absolute Gasteiger partial charge is 0.204 e. The molecule has 1 aromatic carbocycles. The van der Waals surface area contributed by atoms with Gasteiger partial charge in [-0.3, -0.25) is 4.90 Å². The van der Waals surface area contributed by atoms with E-state index in [-0.39, 0.29) is 4.90 Å². The van der Waals surface area contributed by atoms with Crippen LogP contribution in [0.1, 0.15) is 5.56 Å². The number of sulfone groups is 1. The van der Waals surface area contributed by atoms with Crippen molar-refractivity contribution in [3.63, 3.8) is 0 Å². The number of piperazine rings is 1. The second-order valence-electron chi connectivity index (χ2n) is 5.38. The van der Waals surface area contributed by atoms with Gasteiger partial charge in [0.05, 0.1) is 9.80 Å². The third-order valence-electron chi connectivity index (χ3n) is 3.90. The maximum Gasteiger partial charge on any atom is 0.204 e. The maximum atomic E-state index is 13.2. The van der Waals surface area contributed by atoms with Crippen LogP contribution in [0.15, 0.2) is 28.0 Å². The van der Waals surface area contributed by atoms with E-state index in [0.29, 0.717) is 17.0 Å². The molecule has 2 aliphatic heterocycles. The third kappa shape index (κ3) is 2.39. The first-order valence-corrected chi connectivity index (χ1v) is 8.11. The number of rotatable bonds is 2. The molecule has 0 unspecified atom stereocenters. The third-order valence-corrected chi connectivity index (χ3v) is 5.79. The first-order chi connectivity index (χ1) is 9.46. The van der Waals surface area contributed by atoms with E-state index in [1.54, 1.807) is 6.08 Å². The molecule has 2 heterocycles. The second-order valence-corrected chi connectivity index (χ2v) is 7.35. The van der Waals surface area contributed by atoms with Crippen LogP contribution >= 0.6 is 0 Å². The molecule has 0 radical (unpaired) electrons. The Hall–Kier alpha value is -1.24. The van der Waals surface area contributed by atoms with Crippen LogP contribution in [0, 0.1) is 5.82 Å². The standard InChI is InChI=1S/C14H17FN2O2S/c1-16-4-6-17(7-5-16)10-13-9-11-8-12(15)2-3-14(11)20(13,18)19/h2-3,8-9H,4-7,10H2,1H3. The Morgan fingerprint density at radius 3 is 2.60 bits per heavy atom. The van der Waals surface area contributed by atoms with E-state index >= 15 is 0 Å². The van der Waals surface area contributed by atoms with Crippen LogP contribution < -0.4 is 0 Å². The van der Waals surface area contributed by atoms with Crippen molar-refractivity contribution in [3.8, 4) is 0 Å². The van der Waals surface area contributed by atoms with E-state index in [0.717, 1.165) is 26.2 Å². The molecular formula is C14H17FN2O2S. The Balaban J connectivity index is 1.83. The summed E-state index contributed by atoms with van der Waals surface area (Å²) in [5.74, 6) is -0.406. The van der Waals surface area contributed by atoms with Gasteiger partial charge >= 0.3 is 0 Å². The number of fused-ring (bicyclic) bond motifs is 1. The predicted molar refractivity (Wildman–Crippen MR) is 75.5 cm³/mol. The largest absolute Gasteiger partial charge is 0.304 e. The monoisotopic (exact) mass is 296 g/mol. The normalized spacial score (nSPS) is 22.6. The van der Waals surface area contributed by atoms with E-state index in [2.05, 4.69) is 16.8 Å². The minimum Gasteiger partial charge on any atom is -0.304 e. The quantitative estimate of drug-likeness (QED) is 0.769. The van der Waals surface area contributed by atoms with Gasteiger partial charge < -0.3 is 4.90 Å². The van der Waals surface area contributed by atoms with Crippen molar-refractivity contribution in [1.29, 1.82) is 0 Å². The van der Waals surface area contributed by atoms with Crippen molar-refractivity contribution in [3.05, 3.63) is 34.5 Å². The van der Waals surface area contributed by atoms with Crippen molar-refractivity contribution in [1.82, 2.24) is 9.80 Å². The summed E-state index contributed by atoms with van der Waals surface area (Å²) in [6.07, 6.45) is 1.60. The van der Waals surface area contributed by atoms with E-state index in [1.165, 1.54) is 18.2 Å². The SMILES string of the molecule is CN1CCN(CC2=Cc3cc(F)ccc3S2(=O)=O)CC1. The van der Waals surface area contributed by atoms with Crippen molar-refractivity contribution >= 4 is 15.9 Å². The average Bonchev–Trinajstić information content (AvgIpc) is 2.63. The van der Waals surface area contributed by atoms with Crippen LogP contribution in [-0.4, -0.2) is 58.0 Å². The first kappa shape index (κ1) is 13.7. The molecule has 1 aromatic rings. The van der Waals surface area contributed by atoms with Crippen LogP contribution in [-0.2, 0) is 9.84 Å². The Bertz CT molecular complexity index is 662. The van der Waals surface area contributed by atoms with Gasteiger partial charge in [0.25, 0.3) is 0 Å². The fourth-order valence-corrected chi connectivity index (χ4v) is 4.22. The molecule has 1 fully saturated rings. The Morgan fingerprint density at radius 1 is 1.20 bits per heavy atom. The summed E-state index contributed by atoms with van der Waals surface area (Å²) in [5.41, 5.74) is 0.467. The zero-order chi connectivity index (χ0) is 14.3. The molecular weight excluding hydrogens is 279 g/mol. The highest BCUT2D eigenvalue weighted by molar-refractivity contribution is 7.95. The van der Waals surface area contributed by atoms with Crippen LogP contribution in [0.4, 0.5) is 4.39 Å². The summed E-state index contributed by atoms with van der Waals surface area (Å²) in [6.45, 7) is 4.00.